The number of hydrogen-bond donors (Lipinski definition) is 2. The first-order chi connectivity index (χ1) is 9.88. The quantitative estimate of drug-likeness (QED) is 0.888. The molecule has 2 rings (SSSR count). The van der Waals surface area contributed by atoms with Crippen LogP contribution < -0.4 is 11.1 Å². The van der Waals surface area contributed by atoms with Gasteiger partial charge in [-0.15, -0.1) is 12.4 Å². The Morgan fingerprint density at radius 2 is 2.14 bits per heavy atom. The van der Waals surface area contributed by atoms with Crippen molar-refractivity contribution in [3.8, 4) is 0 Å². The molecule has 3 N–H and O–H groups in total. The average Bonchev–Trinajstić information content (AvgIpc) is 2.65. The zero-order chi connectivity index (χ0) is 15.6. The Hall–Kier alpha value is -1.07. The van der Waals surface area contributed by atoms with Gasteiger partial charge in [0, 0.05) is 30.7 Å². The number of hydrogen-bond acceptors (Lipinski definition) is 3. The van der Waals surface area contributed by atoms with Crippen molar-refractivity contribution in [2.24, 2.45) is 18.7 Å². The monoisotopic (exact) mass is 328 g/mol. The van der Waals surface area contributed by atoms with E-state index in [9.17, 15) is 4.79 Å². The van der Waals surface area contributed by atoms with Gasteiger partial charge in [0.05, 0.1) is 5.69 Å². The fraction of sp³-hybridized carbons (Fsp3) is 0.750. The van der Waals surface area contributed by atoms with Crippen LogP contribution in [0.2, 0.25) is 0 Å². The summed E-state index contributed by atoms with van der Waals surface area (Å²) in [6, 6.07) is 0.310. The lowest BCUT2D eigenvalue weighted by Gasteiger charge is -2.27. The molecule has 0 spiro atoms. The minimum Gasteiger partial charge on any atom is -0.353 e. The maximum Gasteiger partial charge on any atom is 0.223 e. The van der Waals surface area contributed by atoms with Crippen LogP contribution in [-0.4, -0.2) is 27.8 Å². The third-order valence-electron chi connectivity index (χ3n) is 4.64. The molecule has 1 aromatic rings. The molecule has 0 saturated heterocycles. The van der Waals surface area contributed by atoms with Crippen LogP contribution in [0.25, 0.3) is 0 Å². The van der Waals surface area contributed by atoms with E-state index in [0.717, 1.165) is 37.8 Å². The molecule has 1 aliphatic rings. The normalized spacial score (nSPS) is 22.8. The molecule has 1 saturated carbocycles. The van der Waals surface area contributed by atoms with E-state index in [4.69, 9.17) is 5.73 Å². The minimum absolute atomic E-state index is 0. The van der Waals surface area contributed by atoms with Crippen LogP contribution in [-0.2, 0) is 18.3 Å². The Labute approximate surface area is 139 Å². The number of amides is 1. The summed E-state index contributed by atoms with van der Waals surface area (Å²) in [5, 5.41) is 7.58. The molecule has 6 heteroatoms. The van der Waals surface area contributed by atoms with Gasteiger partial charge in [0.2, 0.25) is 5.91 Å². The number of nitrogens with zero attached hydrogens (tertiary/aromatic N) is 2. The van der Waals surface area contributed by atoms with Gasteiger partial charge in [0.1, 0.15) is 0 Å². The van der Waals surface area contributed by atoms with Gasteiger partial charge >= 0.3 is 0 Å². The van der Waals surface area contributed by atoms with Gasteiger partial charge in [-0.3, -0.25) is 9.48 Å². The van der Waals surface area contributed by atoms with Gasteiger partial charge in [-0.1, -0.05) is 6.42 Å². The Morgan fingerprint density at radius 1 is 1.45 bits per heavy atom. The van der Waals surface area contributed by atoms with Crippen molar-refractivity contribution in [2.75, 3.05) is 0 Å². The van der Waals surface area contributed by atoms with Crippen LogP contribution in [0.15, 0.2) is 0 Å². The summed E-state index contributed by atoms with van der Waals surface area (Å²) in [7, 11) is 1.96. The van der Waals surface area contributed by atoms with Gasteiger partial charge < -0.3 is 11.1 Å². The predicted molar refractivity (Wildman–Crippen MR) is 91.2 cm³/mol. The highest BCUT2D eigenvalue weighted by molar-refractivity contribution is 5.85. The first-order valence-corrected chi connectivity index (χ1v) is 7.93. The van der Waals surface area contributed by atoms with Crippen LogP contribution in [0.3, 0.4) is 0 Å². The van der Waals surface area contributed by atoms with E-state index >= 15 is 0 Å². The van der Waals surface area contributed by atoms with Gasteiger partial charge in [0.25, 0.3) is 0 Å². The molecule has 5 nitrogen and oxygen atoms in total. The van der Waals surface area contributed by atoms with E-state index < -0.39 is 0 Å². The van der Waals surface area contributed by atoms with E-state index in [2.05, 4.69) is 24.3 Å². The molecule has 0 bridgehead atoms. The maximum atomic E-state index is 12.3. The fourth-order valence-corrected chi connectivity index (χ4v) is 3.30. The topological polar surface area (TPSA) is 72.9 Å². The summed E-state index contributed by atoms with van der Waals surface area (Å²) in [6.07, 6.45) is 4.73. The van der Waals surface area contributed by atoms with Gasteiger partial charge in [-0.2, -0.15) is 5.10 Å². The molecule has 0 radical (unpaired) electrons. The largest absolute Gasteiger partial charge is 0.353 e. The van der Waals surface area contributed by atoms with Gasteiger partial charge in [0.15, 0.2) is 0 Å². The Morgan fingerprint density at radius 3 is 2.68 bits per heavy atom. The Kier molecular flexibility index (Phi) is 6.88. The number of aromatic nitrogens is 2. The second kappa shape index (κ2) is 7.97. The van der Waals surface area contributed by atoms with Crippen molar-refractivity contribution in [3.63, 3.8) is 0 Å². The molecule has 126 valence electrons. The van der Waals surface area contributed by atoms with E-state index in [-0.39, 0.29) is 36.3 Å². The summed E-state index contributed by atoms with van der Waals surface area (Å²) in [5.41, 5.74) is 9.44. The van der Waals surface area contributed by atoms with Crippen molar-refractivity contribution in [1.82, 2.24) is 15.1 Å². The molecule has 1 aromatic heterocycles. The summed E-state index contributed by atoms with van der Waals surface area (Å²) in [5.74, 6) is 0.254. The molecular weight excluding hydrogens is 300 g/mol. The van der Waals surface area contributed by atoms with Crippen molar-refractivity contribution in [2.45, 2.75) is 65.0 Å². The molecule has 1 heterocycles. The van der Waals surface area contributed by atoms with E-state index in [0.29, 0.717) is 0 Å². The minimum atomic E-state index is 0. The highest BCUT2D eigenvalue weighted by Gasteiger charge is 2.26. The SMILES string of the molecule is Cc1nn(C)c(C)c1CC(C)NC(=O)C1CCCC(N)C1.Cl. The summed E-state index contributed by atoms with van der Waals surface area (Å²) >= 11 is 0. The average molecular weight is 329 g/mol. The number of nitrogens with one attached hydrogen (secondary N) is 1. The lowest BCUT2D eigenvalue weighted by atomic mass is 9.85. The first-order valence-electron chi connectivity index (χ1n) is 7.93. The second-order valence-corrected chi connectivity index (χ2v) is 6.51. The standard InChI is InChI=1S/C16H28N4O.ClH/c1-10(8-15-11(2)19-20(4)12(15)3)18-16(21)13-6-5-7-14(17)9-13;/h10,13-14H,5-9,17H2,1-4H3,(H,18,21);1H. The highest BCUT2D eigenvalue weighted by Crippen LogP contribution is 2.23. The van der Waals surface area contributed by atoms with Crippen LogP contribution >= 0.6 is 12.4 Å². The fourth-order valence-electron chi connectivity index (χ4n) is 3.30. The summed E-state index contributed by atoms with van der Waals surface area (Å²) < 4.78 is 1.90. The molecule has 1 fully saturated rings. The third kappa shape index (κ3) is 4.46. The predicted octanol–water partition coefficient (Wildman–Crippen LogP) is 2.02. The van der Waals surface area contributed by atoms with Crippen LogP contribution in [0.1, 0.15) is 49.6 Å². The first kappa shape index (κ1) is 19.0. The van der Waals surface area contributed by atoms with Crippen molar-refractivity contribution in [3.05, 3.63) is 17.0 Å². The second-order valence-electron chi connectivity index (χ2n) is 6.51. The zero-order valence-electron chi connectivity index (χ0n) is 14.1. The number of carbonyl (C=O) groups is 1. The molecule has 1 amide bonds. The van der Waals surface area contributed by atoms with E-state index in [1.165, 1.54) is 11.3 Å². The number of carbonyl (C=O) groups excluding carboxylic acids is 1. The number of nitrogens with two attached hydrogens (primary N) is 1. The molecular formula is C16H29ClN4O. The van der Waals surface area contributed by atoms with Crippen molar-refractivity contribution in [1.29, 1.82) is 0 Å². The van der Waals surface area contributed by atoms with Crippen molar-refractivity contribution < 1.29 is 4.79 Å². The smallest absolute Gasteiger partial charge is 0.223 e. The van der Waals surface area contributed by atoms with Crippen LogP contribution in [0, 0.1) is 19.8 Å². The van der Waals surface area contributed by atoms with E-state index in [1.54, 1.807) is 0 Å². The summed E-state index contributed by atoms with van der Waals surface area (Å²) in [6.45, 7) is 6.16. The lowest BCUT2D eigenvalue weighted by molar-refractivity contribution is -0.126. The molecule has 1 aliphatic carbocycles. The molecule has 0 aromatic carbocycles. The van der Waals surface area contributed by atoms with Crippen molar-refractivity contribution >= 4 is 18.3 Å². The van der Waals surface area contributed by atoms with Gasteiger partial charge in [-0.05, 0) is 52.0 Å². The lowest BCUT2D eigenvalue weighted by Crippen LogP contribution is -2.42. The number of rotatable bonds is 4. The molecule has 3 atom stereocenters. The highest BCUT2D eigenvalue weighted by atomic mass is 35.5. The number of halogens is 1. The zero-order valence-corrected chi connectivity index (χ0v) is 14.9. The number of aryl methyl sites for hydroxylation is 2. The molecule has 3 unspecified atom stereocenters. The molecule has 22 heavy (non-hydrogen) atoms. The Bertz CT molecular complexity index is 514. The summed E-state index contributed by atoms with van der Waals surface area (Å²) in [4.78, 5) is 12.3. The van der Waals surface area contributed by atoms with Crippen LogP contribution in [0.5, 0.6) is 0 Å². The van der Waals surface area contributed by atoms with Crippen LogP contribution in [0.4, 0.5) is 0 Å². The molecule has 0 aliphatic heterocycles. The maximum absolute atomic E-state index is 12.3. The van der Waals surface area contributed by atoms with Gasteiger partial charge in [-0.25, -0.2) is 0 Å². The third-order valence-corrected chi connectivity index (χ3v) is 4.64. The Balaban J connectivity index is 0.00000242. The van der Waals surface area contributed by atoms with E-state index in [1.807, 2.05) is 18.7 Å².